The summed E-state index contributed by atoms with van der Waals surface area (Å²) in [5.41, 5.74) is 1.10. The SMILES string of the molecule is CCCNC(=O)C1[C@@H](O)[C@H](O)[C@@H](CO)N1CCc1ccccc1. The fourth-order valence-electron chi connectivity index (χ4n) is 3.09. The second-order valence-corrected chi connectivity index (χ2v) is 5.94. The van der Waals surface area contributed by atoms with E-state index in [1.54, 1.807) is 4.90 Å². The van der Waals surface area contributed by atoms with E-state index >= 15 is 0 Å². The van der Waals surface area contributed by atoms with Crippen LogP contribution in [0.15, 0.2) is 30.3 Å². The summed E-state index contributed by atoms with van der Waals surface area (Å²) in [6.45, 7) is 2.65. The highest BCUT2D eigenvalue weighted by Gasteiger charge is 2.50. The van der Waals surface area contributed by atoms with E-state index in [0.717, 1.165) is 12.0 Å². The Kier molecular flexibility index (Phi) is 6.53. The number of benzene rings is 1. The number of amides is 1. The lowest BCUT2D eigenvalue weighted by Gasteiger charge is -2.28. The van der Waals surface area contributed by atoms with E-state index in [2.05, 4.69) is 5.32 Å². The highest BCUT2D eigenvalue weighted by molar-refractivity contribution is 5.83. The molecule has 128 valence electrons. The summed E-state index contributed by atoms with van der Waals surface area (Å²) in [5, 5.41) is 32.7. The van der Waals surface area contributed by atoms with Gasteiger partial charge >= 0.3 is 0 Å². The average Bonchev–Trinajstić information content (AvgIpc) is 2.82. The molecular formula is C17H26N2O4. The Hall–Kier alpha value is -1.47. The van der Waals surface area contributed by atoms with Gasteiger partial charge in [-0.3, -0.25) is 9.69 Å². The van der Waals surface area contributed by atoms with Crippen LogP contribution in [0.4, 0.5) is 0 Å². The van der Waals surface area contributed by atoms with Gasteiger partial charge in [0.1, 0.15) is 12.1 Å². The van der Waals surface area contributed by atoms with Crippen LogP contribution < -0.4 is 5.32 Å². The van der Waals surface area contributed by atoms with Crippen LogP contribution in [0, 0.1) is 0 Å². The second kappa shape index (κ2) is 8.40. The average molecular weight is 322 g/mol. The lowest BCUT2D eigenvalue weighted by Crippen LogP contribution is -2.50. The Bertz CT molecular complexity index is 497. The van der Waals surface area contributed by atoms with Crippen LogP contribution in [-0.2, 0) is 11.2 Å². The van der Waals surface area contributed by atoms with Crippen LogP contribution in [0.1, 0.15) is 18.9 Å². The zero-order chi connectivity index (χ0) is 16.8. The highest BCUT2D eigenvalue weighted by atomic mass is 16.3. The predicted molar refractivity (Wildman–Crippen MR) is 86.8 cm³/mol. The molecule has 1 saturated heterocycles. The Balaban J connectivity index is 2.11. The zero-order valence-corrected chi connectivity index (χ0v) is 13.4. The predicted octanol–water partition coefficient (Wildman–Crippen LogP) is -0.478. The summed E-state index contributed by atoms with van der Waals surface area (Å²) >= 11 is 0. The number of aliphatic hydroxyl groups excluding tert-OH is 3. The molecule has 23 heavy (non-hydrogen) atoms. The molecule has 4 atom stereocenters. The largest absolute Gasteiger partial charge is 0.395 e. The van der Waals surface area contributed by atoms with Crippen molar-refractivity contribution >= 4 is 5.91 Å². The van der Waals surface area contributed by atoms with E-state index in [9.17, 15) is 20.1 Å². The summed E-state index contributed by atoms with van der Waals surface area (Å²) in [6, 6.07) is 8.33. The van der Waals surface area contributed by atoms with Gasteiger partial charge in [-0.25, -0.2) is 0 Å². The molecule has 1 aliphatic heterocycles. The van der Waals surface area contributed by atoms with Gasteiger partial charge in [-0.2, -0.15) is 0 Å². The van der Waals surface area contributed by atoms with Gasteiger partial charge in [0.25, 0.3) is 0 Å². The van der Waals surface area contributed by atoms with Gasteiger partial charge in [0.15, 0.2) is 0 Å². The molecule has 0 saturated carbocycles. The van der Waals surface area contributed by atoms with Crippen molar-refractivity contribution in [3.05, 3.63) is 35.9 Å². The van der Waals surface area contributed by atoms with Crippen molar-refractivity contribution in [2.45, 2.75) is 44.1 Å². The lowest BCUT2D eigenvalue weighted by molar-refractivity contribution is -0.128. The van der Waals surface area contributed by atoms with Crippen molar-refractivity contribution in [1.82, 2.24) is 10.2 Å². The minimum absolute atomic E-state index is 0.301. The molecule has 0 bridgehead atoms. The molecule has 0 aliphatic carbocycles. The monoisotopic (exact) mass is 322 g/mol. The minimum atomic E-state index is -1.19. The Morgan fingerprint density at radius 1 is 1.22 bits per heavy atom. The zero-order valence-electron chi connectivity index (χ0n) is 13.4. The summed E-state index contributed by atoms with van der Waals surface area (Å²) in [6.07, 6.45) is -0.855. The maximum Gasteiger partial charge on any atom is 0.240 e. The molecular weight excluding hydrogens is 296 g/mol. The van der Waals surface area contributed by atoms with Crippen molar-refractivity contribution in [1.29, 1.82) is 0 Å². The van der Waals surface area contributed by atoms with Crippen LogP contribution in [0.25, 0.3) is 0 Å². The van der Waals surface area contributed by atoms with Crippen molar-refractivity contribution < 1.29 is 20.1 Å². The summed E-state index contributed by atoms with van der Waals surface area (Å²) in [4.78, 5) is 14.1. The number of carbonyl (C=O) groups is 1. The first kappa shape index (κ1) is 17.9. The Labute approximate surface area is 136 Å². The topological polar surface area (TPSA) is 93.0 Å². The fourth-order valence-corrected chi connectivity index (χ4v) is 3.09. The first-order valence-corrected chi connectivity index (χ1v) is 8.14. The molecule has 0 aromatic heterocycles. The first-order valence-electron chi connectivity index (χ1n) is 8.14. The third-order valence-corrected chi connectivity index (χ3v) is 4.36. The van der Waals surface area contributed by atoms with Crippen LogP contribution in [0.3, 0.4) is 0 Å². The van der Waals surface area contributed by atoms with Crippen molar-refractivity contribution in [2.24, 2.45) is 0 Å². The molecule has 6 nitrogen and oxygen atoms in total. The number of rotatable bonds is 7. The third kappa shape index (κ3) is 4.09. The first-order chi connectivity index (χ1) is 11.1. The Morgan fingerprint density at radius 2 is 1.91 bits per heavy atom. The van der Waals surface area contributed by atoms with Gasteiger partial charge in [0, 0.05) is 13.1 Å². The van der Waals surface area contributed by atoms with E-state index in [-0.39, 0.29) is 12.5 Å². The molecule has 1 aromatic rings. The maximum absolute atomic E-state index is 12.3. The molecule has 1 aromatic carbocycles. The second-order valence-electron chi connectivity index (χ2n) is 5.94. The molecule has 1 amide bonds. The highest BCUT2D eigenvalue weighted by Crippen LogP contribution is 2.26. The quantitative estimate of drug-likeness (QED) is 0.544. The number of nitrogens with zero attached hydrogens (tertiary/aromatic N) is 1. The van der Waals surface area contributed by atoms with E-state index in [1.807, 2.05) is 37.3 Å². The standard InChI is InChI=1S/C17H26N2O4/c1-2-9-18-17(23)14-16(22)15(21)13(11-20)19(14)10-8-12-6-4-3-5-7-12/h3-7,13-16,20-22H,2,8-11H2,1H3,(H,18,23)/t13-,14?,15-,16-/m1/s1. The van der Waals surface area contributed by atoms with Crippen LogP contribution in [-0.4, -0.2) is 70.1 Å². The van der Waals surface area contributed by atoms with Crippen molar-refractivity contribution in [2.75, 3.05) is 19.7 Å². The molecule has 1 fully saturated rings. The van der Waals surface area contributed by atoms with E-state index in [0.29, 0.717) is 19.5 Å². The molecule has 6 heteroatoms. The summed E-state index contributed by atoms with van der Waals surface area (Å²) < 4.78 is 0. The van der Waals surface area contributed by atoms with Crippen LogP contribution in [0.5, 0.6) is 0 Å². The summed E-state index contributed by atoms with van der Waals surface area (Å²) in [5.74, 6) is -0.303. The minimum Gasteiger partial charge on any atom is -0.395 e. The number of likely N-dealkylation sites (tertiary alicyclic amines) is 1. The summed E-state index contributed by atoms with van der Waals surface area (Å²) in [7, 11) is 0. The molecule has 0 radical (unpaired) electrons. The molecule has 1 aliphatic rings. The number of hydrogen-bond donors (Lipinski definition) is 4. The van der Waals surface area contributed by atoms with Crippen LogP contribution >= 0.6 is 0 Å². The maximum atomic E-state index is 12.3. The number of hydrogen-bond acceptors (Lipinski definition) is 5. The molecule has 1 unspecified atom stereocenters. The van der Waals surface area contributed by atoms with Crippen LogP contribution in [0.2, 0.25) is 0 Å². The number of aliphatic hydroxyl groups is 3. The third-order valence-electron chi connectivity index (χ3n) is 4.36. The molecule has 2 rings (SSSR count). The molecule has 4 N–H and O–H groups in total. The molecule has 1 heterocycles. The van der Waals surface area contributed by atoms with Crippen molar-refractivity contribution in [3.8, 4) is 0 Å². The fraction of sp³-hybridized carbons (Fsp3) is 0.588. The number of carbonyl (C=O) groups excluding carboxylic acids is 1. The number of nitrogens with one attached hydrogen (secondary N) is 1. The normalized spacial score (nSPS) is 28.0. The van der Waals surface area contributed by atoms with Gasteiger partial charge in [-0.15, -0.1) is 0 Å². The molecule has 0 spiro atoms. The van der Waals surface area contributed by atoms with Gasteiger partial charge in [0.2, 0.25) is 5.91 Å². The van der Waals surface area contributed by atoms with E-state index < -0.39 is 24.3 Å². The smallest absolute Gasteiger partial charge is 0.240 e. The lowest BCUT2D eigenvalue weighted by atomic mass is 10.1. The van der Waals surface area contributed by atoms with Gasteiger partial charge < -0.3 is 20.6 Å². The van der Waals surface area contributed by atoms with E-state index in [4.69, 9.17) is 0 Å². The Morgan fingerprint density at radius 3 is 2.52 bits per heavy atom. The van der Waals surface area contributed by atoms with Crippen molar-refractivity contribution in [3.63, 3.8) is 0 Å². The van der Waals surface area contributed by atoms with Gasteiger partial charge in [-0.1, -0.05) is 37.3 Å². The van der Waals surface area contributed by atoms with Gasteiger partial charge in [-0.05, 0) is 18.4 Å². The van der Waals surface area contributed by atoms with E-state index in [1.165, 1.54) is 0 Å². The van der Waals surface area contributed by atoms with Gasteiger partial charge in [0.05, 0.1) is 18.8 Å².